The van der Waals surface area contributed by atoms with Crippen molar-refractivity contribution in [1.82, 2.24) is 19.9 Å². The Hall–Kier alpha value is -2.80. The van der Waals surface area contributed by atoms with Gasteiger partial charge in [-0.3, -0.25) is 4.90 Å². The maximum absolute atomic E-state index is 14.8. The van der Waals surface area contributed by atoms with Crippen LogP contribution < -0.4 is 9.80 Å². The first-order valence-electron chi connectivity index (χ1n) is 12.9. The van der Waals surface area contributed by atoms with Gasteiger partial charge in [0.1, 0.15) is 11.9 Å². The van der Waals surface area contributed by atoms with E-state index in [1.54, 1.807) is 16.8 Å². The molecule has 1 N–H and O–H groups in total. The van der Waals surface area contributed by atoms with Gasteiger partial charge in [0.05, 0.1) is 49.5 Å². The molecular weight excluding hydrogens is 483 g/mol. The number of likely N-dealkylation sites (N-methyl/N-ethyl adjacent to an activating group) is 1. The number of carbonyl (C=O) groups is 1. The summed E-state index contributed by atoms with van der Waals surface area (Å²) in [7, 11) is 2.04. The SMILES string of the molecule is C[C@@H]1C[C@H](N(C)CCc2cn(C[C@H]3CN(c4ccc(N5CCOCC5)c(F)c4)C(=O)O3)nn2)C[C@H](O)O1. The Morgan fingerprint density at radius 2 is 2.05 bits per heavy atom. The van der Waals surface area contributed by atoms with Gasteiger partial charge in [0.25, 0.3) is 0 Å². The van der Waals surface area contributed by atoms with E-state index in [1.165, 1.54) is 11.0 Å². The number of benzene rings is 1. The number of halogens is 1. The van der Waals surface area contributed by atoms with E-state index in [-0.39, 0.29) is 18.0 Å². The molecule has 2 aromatic rings. The van der Waals surface area contributed by atoms with Gasteiger partial charge in [-0.15, -0.1) is 5.10 Å². The number of anilines is 2. The minimum atomic E-state index is -0.718. The number of aliphatic hydroxyl groups excluding tert-OH is 1. The standard InChI is InChI=1S/C25H35FN6O5/c1-17-11-20(13-24(33)36-17)29(2)6-5-18-14-31(28-27-18)15-21-16-32(25(34)37-21)19-3-4-23(22(26)12-19)30-7-9-35-10-8-30/h3-4,12,14,17,20-21,24,33H,5-11,13,15-16H2,1-2H3/t17-,20+,21+,24-/m1/s1. The van der Waals surface area contributed by atoms with E-state index in [1.807, 2.05) is 25.1 Å². The Balaban J connectivity index is 1.13. The molecule has 0 saturated carbocycles. The number of hydrogen-bond acceptors (Lipinski definition) is 9. The number of morpholine rings is 1. The molecule has 0 bridgehead atoms. The summed E-state index contributed by atoms with van der Waals surface area (Å²) in [5.74, 6) is -0.369. The highest BCUT2D eigenvalue weighted by atomic mass is 19.1. The van der Waals surface area contributed by atoms with E-state index in [9.17, 15) is 14.3 Å². The molecule has 12 heteroatoms. The maximum atomic E-state index is 14.8. The van der Waals surface area contributed by atoms with Crippen molar-refractivity contribution in [1.29, 1.82) is 0 Å². The molecular formula is C25H35FN6O5. The van der Waals surface area contributed by atoms with Crippen LogP contribution in [0.25, 0.3) is 0 Å². The van der Waals surface area contributed by atoms with Gasteiger partial charge in [0.2, 0.25) is 0 Å². The first-order valence-corrected chi connectivity index (χ1v) is 12.9. The second-order valence-electron chi connectivity index (χ2n) is 10.0. The lowest BCUT2D eigenvalue weighted by Gasteiger charge is -2.36. The van der Waals surface area contributed by atoms with Crippen molar-refractivity contribution in [3.8, 4) is 0 Å². The van der Waals surface area contributed by atoms with Crippen LogP contribution in [-0.4, -0.2) is 102 Å². The average Bonchev–Trinajstić information content (AvgIpc) is 3.48. The number of ether oxygens (including phenoxy) is 3. The number of amides is 1. The van der Waals surface area contributed by atoms with Crippen molar-refractivity contribution >= 4 is 17.5 Å². The zero-order valence-corrected chi connectivity index (χ0v) is 21.3. The van der Waals surface area contributed by atoms with Crippen molar-refractivity contribution in [2.24, 2.45) is 0 Å². The Bertz CT molecular complexity index is 1070. The Labute approximate surface area is 215 Å². The van der Waals surface area contributed by atoms with E-state index >= 15 is 0 Å². The van der Waals surface area contributed by atoms with Gasteiger partial charge in [0.15, 0.2) is 6.29 Å². The largest absolute Gasteiger partial charge is 0.442 e. The van der Waals surface area contributed by atoms with Crippen molar-refractivity contribution in [3.63, 3.8) is 0 Å². The number of aromatic nitrogens is 3. The maximum Gasteiger partial charge on any atom is 0.414 e. The zero-order chi connectivity index (χ0) is 25.9. The summed E-state index contributed by atoms with van der Waals surface area (Å²) in [5, 5.41) is 18.3. The van der Waals surface area contributed by atoms with Crippen molar-refractivity contribution in [2.45, 2.75) is 57.3 Å². The highest BCUT2D eigenvalue weighted by molar-refractivity contribution is 5.90. The van der Waals surface area contributed by atoms with Crippen LogP contribution in [0.3, 0.4) is 0 Å². The van der Waals surface area contributed by atoms with Crippen LogP contribution in [0.4, 0.5) is 20.6 Å². The summed E-state index contributed by atoms with van der Waals surface area (Å²) in [5.41, 5.74) is 1.82. The third-order valence-corrected chi connectivity index (χ3v) is 7.26. The molecule has 3 aliphatic rings. The molecule has 0 aliphatic carbocycles. The van der Waals surface area contributed by atoms with Gasteiger partial charge in [-0.25, -0.2) is 13.9 Å². The molecule has 3 saturated heterocycles. The topological polar surface area (TPSA) is 105 Å². The summed E-state index contributed by atoms with van der Waals surface area (Å²) in [6, 6.07) is 5.10. The fourth-order valence-corrected chi connectivity index (χ4v) is 5.23. The highest BCUT2D eigenvalue weighted by Crippen LogP contribution is 2.29. The molecule has 1 aromatic heterocycles. The summed E-state index contributed by atoms with van der Waals surface area (Å²) in [6.07, 6.45) is 2.44. The van der Waals surface area contributed by atoms with Crippen LogP contribution in [0.5, 0.6) is 0 Å². The van der Waals surface area contributed by atoms with Crippen molar-refractivity contribution < 1.29 is 28.5 Å². The molecule has 0 spiro atoms. The van der Waals surface area contributed by atoms with E-state index in [2.05, 4.69) is 15.2 Å². The number of carbonyl (C=O) groups excluding carboxylic acids is 1. The molecule has 3 aliphatic heterocycles. The molecule has 1 amide bonds. The van der Waals surface area contributed by atoms with Gasteiger partial charge in [-0.2, -0.15) is 0 Å². The van der Waals surface area contributed by atoms with Crippen LogP contribution >= 0.6 is 0 Å². The lowest BCUT2D eigenvalue weighted by Crippen LogP contribution is -2.43. The van der Waals surface area contributed by atoms with Crippen LogP contribution in [0.1, 0.15) is 25.5 Å². The van der Waals surface area contributed by atoms with Crippen molar-refractivity contribution in [3.05, 3.63) is 35.9 Å². The fraction of sp³-hybridized carbons (Fsp3) is 0.640. The third kappa shape index (κ3) is 6.20. The quantitative estimate of drug-likeness (QED) is 0.558. The van der Waals surface area contributed by atoms with Gasteiger partial charge in [0, 0.05) is 44.7 Å². The van der Waals surface area contributed by atoms with Gasteiger partial charge in [-0.1, -0.05) is 5.21 Å². The van der Waals surface area contributed by atoms with E-state index in [0.717, 1.165) is 18.7 Å². The first-order chi connectivity index (χ1) is 17.9. The summed E-state index contributed by atoms with van der Waals surface area (Å²) in [6.45, 7) is 5.84. The second kappa shape index (κ2) is 11.3. The first kappa shape index (κ1) is 25.8. The van der Waals surface area contributed by atoms with Crippen LogP contribution in [0.15, 0.2) is 24.4 Å². The number of cyclic esters (lactones) is 1. The van der Waals surface area contributed by atoms with E-state index in [0.29, 0.717) is 63.6 Å². The predicted octanol–water partition coefficient (Wildman–Crippen LogP) is 1.64. The van der Waals surface area contributed by atoms with Gasteiger partial charge >= 0.3 is 6.09 Å². The highest BCUT2D eigenvalue weighted by Gasteiger charge is 2.34. The summed E-state index contributed by atoms with van der Waals surface area (Å²) >= 11 is 0. The molecule has 11 nitrogen and oxygen atoms in total. The van der Waals surface area contributed by atoms with E-state index in [4.69, 9.17) is 14.2 Å². The second-order valence-corrected chi connectivity index (χ2v) is 10.0. The lowest BCUT2D eigenvalue weighted by molar-refractivity contribution is -0.173. The lowest BCUT2D eigenvalue weighted by atomic mass is 10.0. The number of nitrogens with zero attached hydrogens (tertiary/aromatic N) is 6. The summed E-state index contributed by atoms with van der Waals surface area (Å²) < 4.78 is 32.8. The smallest absolute Gasteiger partial charge is 0.414 e. The third-order valence-electron chi connectivity index (χ3n) is 7.26. The molecule has 4 atom stereocenters. The molecule has 0 radical (unpaired) electrons. The molecule has 4 heterocycles. The van der Waals surface area contributed by atoms with Crippen LogP contribution in [0.2, 0.25) is 0 Å². The molecule has 3 fully saturated rings. The van der Waals surface area contributed by atoms with Gasteiger partial charge < -0.3 is 29.1 Å². The zero-order valence-electron chi connectivity index (χ0n) is 21.3. The van der Waals surface area contributed by atoms with E-state index < -0.39 is 18.5 Å². The Morgan fingerprint density at radius 3 is 2.81 bits per heavy atom. The normalized spacial score (nSPS) is 26.7. The number of hydrogen-bond donors (Lipinski definition) is 1. The minimum Gasteiger partial charge on any atom is -0.442 e. The molecule has 0 unspecified atom stereocenters. The Morgan fingerprint density at radius 1 is 1.24 bits per heavy atom. The van der Waals surface area contributed by atoms with Gasteiger partial charge in [-0.05, 0) is 38.6 Å². The van der Waals surface area contributed by atoms with Crippen LogP contribution in [-0.2, 0) is 27.2 Å². The molecule has 37 heavy (non-hydrogen) atoms. The van der Waals surface area contributed by atoms with Crippen molar-refractivity contribution in [2.75, 3.05) is 56.2 Å². The minimum absolute atomic E-state index is 0.0324. The van der Waals surface area contributed by atoms with Crippen LogP contribution in [0, 0.1) is 5.82 Å². The number of rotatable bonds is 8. The molecule has 1 aromatic carbocycles. The Kier molecular flexibility index (Phi) is 7.89. The number of aliphatic hydroxyl groups is 1. The average molecular weight is 519 g/mol. The fourth-order valence-electron chi connectivity index (χ4n) is 5.23. The predicted molar refractivity (Wildman–Crippen MR) is 133 cm³/mol. The molecule has 202 valence electrons. The molecule has 5 rings (SSSR count). The monoisotopic (exact) mass is 518 g/mol. The summed E-state index contributed by atoms with van der Waals surface area (Å²) in [4.78, 5) is 18.1.